The van der Waals surface area contributed by atoms with Gasteiger partial charge in [-0.2, -0.15) is 0 Å². The molecule has 0 atom stereocenters. The molecule has 0 unspecified atom stereocenters. The summed E-state index contributed by atoms with van der Waals surface area (Å²) in [5, 5.41) is 22.5. The van der Waals surface area contributed by atoms with Crippen LogP contribution in [0.5, 0.6) is 0 Å². The lowest BCUT2D eigenvalue weighted by Crippen LogP contribution is -2.16. The number of nitro groups is 1. The Bertz CT molecular complexity index is 415. The highest BCUT2D eigenvalue weighted by molar-refractivity contribution is 6.32. The van der Waals surface area contributed by atoms with Crippen molar-refractivity contribution in [2.24, 2.45) is 0 Å². The molecule has 0 saturated carbocycles. The normalized spacial score (nSPS) is 10.6. The molecule has 0 radical (unpaired) electrons. The van der Waals surface area contributed by atoms with Gasteiger partial charge >= 0.3 is 0 Å². The standard InChI is InChI=1S/C12H17ClN2O4/c13-11-3-2-10(8-12(11)15(17)18)9-14-4-1-6-19-7-5-16/h2-3,8,14,16H,1,4-7,9H2. The van der Waals surface area contributed by atoms with Crippen molar-refractivity contribution < 1.29 is 14.8 Å². The zero-order valence-corrected chi connectivity index (χ0v) is 11.2. The lowest BCUT2D eigenvalue weighted by molar-refractivity contribution is -0.384. The third-order valence-corrected chi connectivity index (χ3v) is 2.73. The fourth-order valence-electron chi connectivity index (χ4n) is 1.51. The number of hydrogen-bond acceptors (Lipinski definition) is 5. The van der Waals surface area contributed by atoms with Gasteiger partial charge in [0.1, 0.15) is 5.02 Å². The molecule has 0 aromatic heterocycles. The molecule has 0 bridgehead atoms. The maximum atomic E-state index is 10.7. The van der Waals surface area contributed by atoms with Gasteiger partial charge in [-0.15, -0.1) is 0 Å². The number of hydrogen-bond donors (Lipinski definition) is 2. The second-order valence-corrected chi connectivity index (χ2v) is 4.32. The SMILES string of the molecule is O=[N+]([O-])c1cc(CNCCCOCCO)ccc1Cl. The van der Waals surface area contributed by atoms with E-state index < -0.39 is 4.92 Å². The zero-order valence-electron chi connectivity index (χ0n) is 10.5. The fourth-order valence-corrected chi connectivity index (χ4v) is 1.69. The Balaban J connectivity index is 2.30. The molecule has 1 aromatic rings. The average molecular weight is 289 g/mol. The van der Waals surface area contributed by atoms with E-state index in [1.165, 1.54) is 12.1 Å². The van der Waals surface area contributed by atoms with Gasteiger partial charge in [0.25, 0.3) is 5.69 Å². The number of benzene rings is 1. The van der Waals surface area contributed by atoms with Crippen molar-refractivity contribution >= 4 is 17.3 Å². The van der Waals surface area contributed by atoms with Gasteiger partial charge in [0.2, 0.25) is 0 Å². The molecule has 106 valence electrons. The van der Waals surface area contributed by atoms with Crippen LogP contribution in [0.2, 0.25) is 5.02 Å². The Morgan fingerprint density at radius 1 is 1.42 bits per heavy atom. The second-order valence-electron chi connectivity index (χ2n) is 3.91. The number of nitrogens with zero attached hydrogens (tertiary/aromatic N) is 1. The van der Waals surface area contributed by atoms with E-state index >= 15 is 0 Å². The first-order chi connectivity index (χ1) is 9.15. The van der Waals surface area contributed by atoms with Gasteiger partial charge in [-0.25, -0.2) is 0 Å². The molecule has 0 saturated heterocycles. The van der Waals surface area contributed by atoms with Crippen LogP contribution in [0.4, 0.5) is 5.69 Å². The number of nitrogens with one attached hydrogen (secondary N) is 1. The molecule has 7 heteroatoms. The van der Waals surface area contributed by atoms with Crippen LogP contribution in [0.3, 0.4) is 0 Å². The first kappa shape index (κ1) is 15.8. The van der Waals surface area contributed by atoms with Gasteiger partial charge in [0, 0.05) is 19.2 Å². The molecule has 6 nitrogen and oxygen atoms in total. The van der Waals surface area contributed by atoms with Crippen LogP contribution in [0.15, 0.2) is 18.2 Å². The van der Waals surface area contributed by atoms with Crippen LogP contribution < -0.4 is 5.32 Å². The van der Waals surface area contributed by atoms with Gasteiger partial charge in [-0.3, -0.25) is 10.1 Å². The van der Waals surface area contributed by atoms with Gasteiger partial charge in [-0.1, -0.05) is 17.7 Å². The first-order valence-corrected chi connectivity index (χ1v) is 6.35. The van der Waals surface area contributed by atoms with Crippen LogP contribution in [-0.4, -0.2) is 36.4 Å². The second kappa shape index (κ2) is 8.82. The largest absolute Gasteiger partial charge is 0.394 e. The summed E-state index contributed by atoms with van der Waals surface area (Å²) in [7, 11) is 0. The molecule has 0 amide bonds. The van der Waals surface area contributed by atoms with Gasteiger partial charge < -0.3 is 15.2 Å². The minimum absolute atomic E-state index is 0.0296. The molecule has 2 N–H and O–H groups in total. The van der Waals surface area contributed by atoms with Crippen molar-refractivity contribution in [2.75, 3.05) is 26.4 Å². The van der Waals surface area contributed by atoms with E-state index in [9.17, 15) is 10.1 Å². The predicted molar refractivity (Wildman–Crippen MR) is 72.3 cm³/mol. The van der Waals surface area contributed by atoms with E-state index in [4.69, 9.17) is 21.4 Å². The highest BCUT2D eigenvalue weighted by Crippen LogP contribution is 2.24. The quantitative estimate of drug-likeness (QED) is 0.411. The maximum Gasteiger partial charge on any atom is 0.288 e. The van der Waals surface area contributed by atoms with Crippen LogP contribution in [0.1, 0.15) is 12.0 Å². The lowest BCUT2D eigenvalue weighted by atomic mass is 10.2. The summed E-state index contributed by atoms with van der Waals surface area (Å²) in [6.07, 6.45) is 0.815. The first-order valence-electron chi connectivity index (χ1n) is 5.97. The highest BCUT2D eigenvalue weighted by Gasteiger charge is 2.12. The fraction of sp³-hybridized carbons (Fsp3) is 0.500. The molecule has 0 heterocycles. The Kier molecular flexibility index (Phi) is 7.35. The van der Waals surface area contributed by atoms with Gasteiger partial charge in [0.15, 0.2) is 0 Å². The van der Waals surface area contributed by atoms with E-state index in [0.717, 1.165) is 18.5 Å². The molecule has 0 spiro atoms. The number of rotatable bonds is 9. The Morgan fingerprint density at radius 3 is 2.89 bits per heavy atom. The minimum Gasteiger partial charge on any atom is -0.394 e. The molecule has 1 rings (SSSR count). The molecule has 0 aliphatic carbocycles. The van der Waals surface area contributed by atoms with Crippen molar-refractivity contribution in [2.45, 2.75) is 13.0 Å². The minimum atomic E-state index is -0.492. The van der Waals surface area contributed by atoms with E-state index in [0.29, 0.717) is 19.8 Å². The third-order valence-electron chi connectivity index (χ3n) is 2.41. The number of ether oxygens (including phenoxy) is 1. The number of halogens is 1. The van der Waals surface area contributed by atoms with Crippen molar-refractivity contribution in [1.82, 2.24) is 5.32 Å². The Hall–Kier alpha value is -1.21. The third kappa shape index (κ3) is 5.98. The molecular formula is C12H17ClN2O4. The molecule has 1 aromatic carbocycles. The van der Waals surface area contributed by atoms with Gasteiger partial charge in [0.05, 0.1) is 18.1 Å². The Morgan fingerprint density at radius 2 is 2.21 bits per heavy atom. The van der Waals surface area contributed by atoms with Crippen molar-refractivity contribution in [1.29, 1.82) is 0 Å². The molecular weight excluding hydrogens is 272 g/mol. The van der Waals surface area contributed by atoms with Crippen LogP contribution >= 0.6 is 11.6 Å². The van der Waals surface area contributed by atoms with Crippen LogP contribution in [-0.2, 0) is 11.3 Å². The number of aliphatic hydroxyl groups excluding tert-OH is 1. The number of aliphatic hydroxyl groups is 1. The summed E-state index contributed by atoms with van der Waals surface area (Å²) < 4.78 is 5.10. The van der Waals surface area contributed by atoms with Gasteiger partial charge in [-0.05, 0) is 24.6 Å². The maximum absolute atomic E-state index is 10.7. The summed E-state index contributed by atoms with van der Waals surface area (Å²) in [6.45, 7) is 2.24. The van der Waals surface area contributed by atoms with E-state index in [2.05, 4.69) is 5.32 Å². The summed E-state index contributed by atoms with van der Waals surface area (Å²) in [5.41, 5.74) is 0.736. The van der Waals surface area contributed by atoms with Crippen molar-refractivity contribution in [3.63, 3.8) is 0 Å². The average Bonchev–Trinajstić information content (AvgIpc) is 2.39. The monoisotopic (exact) mass is 288 g/mol. The summed E-state index contributed by atoms with van der Waals surface area (Å²) >= 11 is 5.72. The van der Waals surface area contributed by atoms with E-state index in [1.807, 2.05) is 0 Å². The molecule has 19 heavy (non-hydrogen) atoms. The molecule has 0 fully saturated rings. The predicted octanol–water partition coefficient (Wildman–Crippen LogP) is 1.74. The highest BCUT2D eigenvalue weighted by atomic mass is 35.5. The van der Waals surface area contributed by atoms with E-state index in [-0.39, 0.29) is 17.3 Å². The number of nitro benzene ring substituents is 1. The zero-order chi connectivity index (χ0) is 14.1. The summed E-state index contributed by atoms with van der Waals surface area (Å²) in [5.74, 6) is 0. The van der Waals surface area contributed by atoms with Crippen LogP contribution in [0.25, 0.3) is 0 Å². The smallest absolute Gasteiger partial charge is 0.288 e. The van der Waals surface area contributed by atoms with Crippen molar-refractivity contribution in [3.8, 4) is 0 Å². The summed E-state index contributed by atoms with van der Waals surface area (Å²) in [6, 6.07) is 4.75. The van der Waals surface area contributed by atoms with Crippen LogP contribution in [0, 0.1) is 10.1 Å². The van der Waals surface area contributed by atoms with E-state index in [1.54, 1.807) is 6.07 Å². The molecule has 0 aliphatic heterocycles. The summed E-state index contributed by atoms with van der Waals surface area (Å²) in [4.78, 5) is 10.2. The lowest BCUT2D eigenvalue weighted by Gasteiger charge is -2.06. The Labute approximate surface area is 116 Å². The molecule has 0 aliphatic rings. The van der Waals surface area contributed by atoms with Crippen molar-refractivity contribution in [3.05, 3.63) is 38.9 Å². The topological polar surface area (TPSA) is 84.6 Å².